The van der Waals surface area contributed by atoms with Gasteiger partial charge in [0.15, 0.2) is 18.2 Å². The second-order valence-corrected chi connectivity index (χ2v) is 7.41. The van der Waals surface area contributed by atoms with E-state index in [0.29, 0.717) is 35.9 Å². The number of carbonyl (C=O) groups is 2. The Morgan fingerprint density at radius 2 is 2.07 bits per heavy atom. The van der Waals surface area contributed by atoms with E-state index in [1.807, 2.05) is 49.4 Å². The number of carbonyl (C=O) groups excluding carboxylic acids is 2. The van der Waals surface area contributed by atoms with E-state index in [0.717, 1.165) is 28.8 Å². The van der Waals surface area contributed by atoms with Gasteiger partial charge in [0.1, 0.15) is 0 Å². The van der Waals surface area contributed by atoms with Crippen LogP contribution in [0.4, 0.5) is 5.82 Å². The summed E-state index contributed by atoms with van der Waals surface area (Å²) in [6, 6.07) is 13.3. The number of amides is 2. The summed E-state index contributed by atoms with van der Waals surface area (Å²) < 4.78 is 5.60. The van der Waals surface area contributed by atoms with Gasteiger partial charge < -0.3 is 10.1 Å². The van der Waals surface area contributed by atoms with Gasteiger partial charge in [0.05, 0.1) is 12.2 Å². The summed E-state index contributed by atoms with van der Waals surface area (Å²) in [5.41, 5.74) is 5.04. The van der Waals surface area contributed by atoms with Gasteiger partial charge in [-0.25, -0.2) is 4.98 Å². The van der Waals surface area contributed by atoms with E-state index in [1.54, 1.807) is 11.1 Å². The van der Waals surface area contributed by atoms with Crippen molar-refractivity contribution in [3.8, 4) is 17.0 Å². The first-order valence-electron chi connectivity index (χ1n) is 9.86. The molecule has 0 saturated carbocycles. The summed E-state index contributed by atoms with van der Waals surface area (Å²) in [6.45, 7) is 2.93. The van der Waals surface area contributed by atoms with Crippen molar-refractivity contribution in [1.82, 2.24) is 15.3 Å². The van der Waals surface area contributed by atoms with Crippen molar-refractivity contribution in [1.29, 1.82) is 0 Å². The molecular weight excluding hydrogens is 380 g/mol. The highest BCUT2D eigenvalue weighted by Crippen LogP contribution is 2.34. The Labute approximate surface area is 173 Å². The third-order valence-corrected chi connectivity index (χ3v) is 5.52. The third kappa shape index (κ3) is 3.18. The Morgan fingerprint density at radius 3 is 2.93 bits per heavy atom. The first kappa shape index (κ1) is 18.3. The number of aryl methyl sites for hydroxylation is 1. The fourth-order valence-corrected chi connectivity index (χ4v) is 3.83. The van der Waals surface area contributed by atoms with Crippen molar-refractivity contribution in [2.24, 2.45) is 0 Å². The highest BCUT2D eigenvalue weighted by atomic mass is 16.5. The number of nitrogens with one attached hydrogen (secondary N) is 1. The van der Waals surface area contributed by atoms with Gasteiger partial charge in [-0.2, -0.15) is 0 Å². The molecule has 1 N–H and O–H groups in total. The smallest absolute Gasteiger partial charge is 0.266 e. The summed E-state index contributed by atoms with van der Waals surface area (Å²) in [7, 11) is 0. The molecule has 0 atom stereocenters. The highest BCUT2D eigenvalue weighted by Gasteiger charge is 2.28. The maximum absolute atomic E-state index is 12.6. The number of anilines is 1. The Hall–Kier alpha value is -3.74. The average molecular weight is 400 g/mol. The van der Waals surface area contributed by atoms with Crippen molar-refractivity contribution in [3.05, 3.63) is 71.0 Å². The number of aromatic nitrogens is 2. The minimum atomic E-state index is -0.153. The molecule has 7 heteroatoms. The van der Waals surface area contributed by atoms with Crippen LogP contribution >= 0.6 is 0 Å². The molecule has 30 heavy (non-hydrogen) atoms. The van der Waals surface area contributed by atoms with Crippen LogP contribution in [0.25, 0.3) is 11.3 Å². The highest BCUT2D eigenvalue weighted by molar-refractivity contribution is 5.98. The second kappa shape index (κ2) is 7.26. The average Bonchev–Trinajstić information content (AvgIpc) is 2.77. The molecule has 0 spiro atoms. The summed E-state index contributed by atoms with van der Waals surface area (Å²) in [5.74, 6) is 0.827. The van der Waals surface area contributed by atoms with Gasteiger partial charge in [0, 0.05) is 29.6 Å². The lowest BCUT2D eigenvalue weighted by Gasteiger charge is -2.29. The molecule has 0 fully saturated rings. The molecule has 0 saturated heterocycles. The standard InChI is InChI=1S/C23H20N4O3/c1-14-17(3-2-9-24-14)12-27-21(28)13-30-20-7-6-19(26-22(20)27)16-5-4-15-8-10-25-23(29)18(15)11-16/h2-7,9,11H,8,10,12-13H2,1H3,(H,25,29). The lowest BCUT2D eigenvalue weighted by Crippen LogP contribution is -2.39. The van der Waals surface area contributed by atoms with Gasteiger partial charge in [-0.1, -0.05) is 18.2 Å². The van der Waals surface area contributed by atoms with Crippen molar-refractivity contribution in [2.45, 2.75) is 19.9 Å². The van der Waals surface area contributed by atoms with E-state index in [1.165, 1.54) is 0 Å². The molecular formula is C23H20N4O3. The van der Waals surface area contributed by atoms with E-state index in [2.05, 4.69) is 10.3 Å². The monoisotopic (exact) mass is 400 g/mol. The van der Waals surface area contributed by atoms with Crippen LogP contribution < -0.4 is 15.0 Å². The topological polar surface area (TPSA) is 84.4 Å². The van der Waals surface area contributed by atoms with Crippen LogP contribution in [-0.4, -0.2) is 34.9 Å². The van der Waals surface area contributed by atoms with Gasteiger partial charge in [0.2, 0.25) is 0 Å². The van der Waals surface area contributed by atoms with Crippen LogP contribution in [-0.2, 0) is 17.8 Å². The minimum absolute atomic E-state index is 0.0215. The summed E-state index contributed by atoms with van der Waals surface area (Å²) in [6.07, 6.45) is 2.55. The Bertz CT molecular complexity index is 1170. The minimum Gasteiger partial charge on any atom is -0.480 e. The summed E-state index contributed by atoms with van der Waals surface area (Å²) in [5, 5.41) is 2.87. The molecule has 2 aromatic heterocycles. The van der Waals surface area contributed by atoms with Gasteiger partial charge in [-0.05, 0) is 48.7 Å². The van der Waals surface area contributed by atoms with Crippen LogP contribution in [0.5, 0.6) is 5.75 Å². The zero-order valence-electron chi connectivity index (χ0n) is 16.5. The number of hydrogen-bond donors (Lipinski definition) is 1. The van der Waals surface area contributed by atoms with Crippen molar-refractivity contribution < 1.29 is 14.3 Å². The Balaban J connectivity index is 1.54. The molecule has 4 heterocycles. The SMILES string of the molecule is Cc1ncccc1CN1C(=O)COc2ccc(-c3ccc4c(c3)C(=O)NCC4)nc21. The maximum atomic E-state index is 12.6. The first-order chi connectivity index (χ1) is 14.6. The van der Waals surface area contributed by atoms with Crippen LogP contribution in [0.2, 0.25) is 0 Å². The van der Waals surface area contributed by atoms with Crippen LogP contribution in [0.15, 0.2) is 48.7 Å². The number of ether oxygens (including phenoxy) is 1. The number of benzene rings is 1. The largest absolute Gasteiger partial charge is 0.480 e. The van der Waals surface area contributed by atoms with E-state index in [-0.39, 0.29) is 18.4 Å². The number of fused-ring (bicyclic) bond motifs is 2. The van der Waals surface area contributed by atoms with E-state index >= 15 is 0 Å². The lowest BCUT2D eigenvalue weighted by molar-refractivity contribution is -0.121. The molecule has 5 rings (SSSR count). The quantitative estimate of drug-likeness (QED) is 0.731. The van der Waals surface area contributed by atoms with Crippen LogP contribution in [0.1, 0.15) is 27.2 Å². The maximum Gasteiger partial charge on any atom is 0.266 e. The van der Waals surface area contributed by atoms with Crippen molar-refractivity contribution >= 4 is 17.6 Å². The number of pyridine rings is 2. The Kier molecular flexibility index (Phi) is 4.43. The normalized spacial score (nSPS) is 15.2. The number of rotatable bonds is 3. The van der Waals surface area contributed by atoms with E-state index in [4.69, 9.17) is 9.72 Å². The lowest BCUT2D eigenvalue weighted by atomic mass is 9.96. The summed E-state index contributed by atoms with van der Waals surface area (Å²) in [4.78, 5) is 35.6. The molecule has 2 aliphatic rings. The number of nitrogens with zero attached hydrogens (tertiary/aromatic N) is 3. The van der Waals surface area contributed by atoms with Gasteiger partial charge in [-0.3, -0.25) is 19.5 Å². The predicted molar refractivity (Wildman–Crippen MR) is 111 cm³/mol. The van der Waals surface area contributed by atoms with E-state index in [9.17, 15) is 9.59 Å². The summed E-state index contributed by atoms with van der Waals surface area (Å²) >= 11 is 0. The molecule has 1 aromatic carbocycles. The molecule has 150 valence electrons. The first-order valence-corrected chi connectivity index (χ1v) is 9.86. The fraction of sp³-hybridized carbons (Fsp3) is 0.217. The number of hydrogen-bond acceptors (Lipinski definition) is 5. The molecule has 2 aliphatic heterocycles. The van der Waals surface area contributed by atoms with E-state index < -0.39 is 0 Å². The van der Waals surface area contributed by atoms with Crippen molar-refractivity contribution in [3.63, 3.8) is 0 Å². The zero-order chi connectivity index (χ0) is 20.7. The van der Waals surface area contributed by atoms with Gasteiger partial charge in [-0.15, -0.1) is 0 Å². The molecule has 0 aliphatic carbocycles. The molecule has 0 radical (unpaired) electrons. The molecule has 0 bridgehead atoms. The molecule has 2 amide bonds. The Morgan fingerprint density at radius 1 is 1.17 bits per heavy atom. The second-order valence-electron chi connectivity index (χ2n) is 7.41. The van der Waals surface area contributed by atoms with Crippen LogP contribution in [0.3, 0.4) is 0 Å². The van der Waals surface area contributed by atoms with Crippen LogP contribution in [0, 0.1) is 6.92 Å². The third-order valence-electron chi connectivity index (χ3n) is 5.52. The van der Waals surface area contributed by atoms with Crippen molar-refractivity contribution in [2.75, 3.05) is 18.1 Å². The zero-order valence-corrected chi connectivity index (χ0v) is 16.5. The van der Waals surface area contributed by atoms with Gasteiger partial charge >= 0.3 is 0 Å². The predicted octanol–water partition coefficient (Wildman–Crippen LogP) is 2.66. The fourth-order valence-electron chi connectivity index (χ4n) is 3.83. The molecule has 0 unspecified atom stereocenters. The molecule has 3 aromatic rings. The molecule has 7 nitrogen and oxygen atoms in total. The van der Waals surface area contributed by atoms with Gasteiger partial charge in [0.25, 0.3) is 11.8 Å².